The molecule has 4 aliphatic rings. The number of rotatable bonds is 6. The van der Waals surface area contributed by atoms with Gasteiger partial charge in [0.1, 0.15) is 36.1 Å². The van der Waals surface area contributed by atoms with Crippen LogP contribution >= 0.6 is 0 Å². The van der Waals surface area contributed by atoms with Gasteiger partial charge in [0, 0.05) is 51.4 Å². The summed E-state index contributed by atoms with van der Waals surface area (Å²) in [5.41, 5.74) is -6.15. The molecule has 3 fully saturated rings. The Labute approximate surface area is 278 Å². The third-order valence-corrected chi connectivity index (χ3v) is 11.0. The average molecular weight is 673 g/mol. The van der Waals surface area contributed by atoms with Gasteiger partial charge in [-0.05, 0) is 30.2 Å². The SMILES string of the molecule is CC(=O)O[C@H]1C[C@@]2(O)[C@@H](OC(=O)c3ccccc3)[C@@H]3[C@]4(OC(C)=O)CO[C@@H]4C[C@H](OC(C)=O)[C@@]3(C)C(O)[C@H](OC(C)=O)C(=C1C)C2(C)C. The molecule has 1 aromatic carbocycles. The van der Waals surface area contributed by atoms with Crippen LogP contribution in [-0.2, 0) is 47.6 Å². The minimum Gasteiger partial charge on any atom is -0.462 e. The fraction of sp³-hybridized carbons (Fsp3) is 0.629. The fourth-order valence-corrected chi connectivity index (χ4v) is 8.81. The van der Waals surface area contributed by atoms with Crippen molar-refractivity contribution in [1.82, 2.24) is 0 Å². The van der Waals surface area contributed by atoms with E-state index in [0.717, 1.165) is 6.92 Å². The summed E-state index contributed by atoms with van der Waals surface area (Å²) in [6.07, 6.45) is -8.33. The van der Waals surface area contributed by atoms with Gasteiger partial charge in [-0.3, -0.25) is 19.2 Å². The summed E-state index contributed by atoms with van der Waals surface area (Å²) in [6.45, 7) is 11.1. The number of carbonyl (C=O) groups excluding carboxylic acids is 5. The van der Waals surface area contributed by atoms with Crippen molar-refractivity contribution in [2.45, 2.75) is 116 Å². The van der Waals surface area contributed by atoms with Crippen LogP contribution < -0.4 is 0 Å². The predicted molar refractivity (Wildman–Crippen MR) is 165 cm³/mol. The van der Waals surface area contributed by atoms with Crippen LogP contribution in [0.1, 0.15) is 78.6 Å². The van der Waals surface area contributed by atoms with Crippen LogP contribution in [0.3, 0.4) is 0 Å². The molecule has 2 saturated carbocycles. The number of ether oxygens (including phenoxy) is 6. The zero-order valence-corrected chi connectivity index (χ0v) is 28.4. The van der Waals surface area contributed by atoms with Crippen molar-refractivity contribution in [3.8, 4) is 0 Å². The fourth-order valence-electron chi connectivity index (χ4n) is 8.81. The molecule has 262 valence electrons. The van der Waals surface area contributed by atoms with E-state index >= 15 is 0 Å². The van der Waals surface area contributed by atoms with Gasteiger partial charge in [-0.2, -0.15) is 0 Å². The van der Waals surface area contributed by atoms with E-state index in [1.165, 1.54) is 32.9 Å². The first-order chi connectivity index (χ1) is 22.3. The van der Waals surface area contributed by atoms with Gasteiger partial charge >= 0.3 is 29.8 Å². The number of fused-ring (bicyclic) bond motifs is 5. The molecule has 1 saturated heterocycles. The Morgan fingerprint density at radius 3 is 1.98 bits per heavy atom. The van der Waals surface area contributed by atoms with E-state index in [4.69, 9.17) is 28.4 Å². The van der Waals surface area contributed by atoms with Crippen LogP contribution in [0.4, 0.5) is 0 Å². The molecule has 13 nitrogen and oxygen atoms in total. The number of esters is 5. The molecule has 0 spiro atoms. The molecule has 13 heteroatoms. The van der Waals surface area contributed by atoms with E-state index in [9.17, 15) is 34.2 Å². The normalized spacial score (nSPS) is 38.0. The molecule has 0 radical (unpaired) electrons. The molecule has 5 rings (SSSR count). The van der Waals surface area contributed by atoms with Crippen molar-refractivity contribution in [1.29, 1.82) is 0 Å². The van der Waals surface area contributed by atoms with E-state index in [-0.39, 0.29) is 30.6 Å². The van der Waals surface area contributed by atoms with Gasteiger partial charge in [0.25, 0.3) is 0 Å². The Balaban J connectivity index is 1.89. The maximum absolute atomic E-state index is 14.0. The zero-order valence-electron chi connectivity index (χ0n) is 28.4. The Morgan fingerprint density at radius 2 is 1.46 bits per heavy atom. The average Bonchev–Trinajstić information content (AvgIpc) is 2.97. The van der Waals surface area contributed by atoms with E-state index < -0.39 is 94.4 Å². The van der Waals surface area contributed by atoms with E-state index in [1.54, 1.807) is 45.9 Å². The van der Waals surface area contributed by atoms with Crippen molar-refractivity contribution in [3.63, 3.8) is 0 Å². The molecular formula is C35H44O13. The van der Waals surface area contributed by atoms with Crippen molar-refractivity contribution < 1.29 is 62.6 Å². The smallest absolute Gasteiger partial charge is 0.338 e. The lowest BCUT2D eigenvalue weighted by molar-refractivity contribution is -0.365. The van der Waals surface area contributed by atoms with Gasteiger partial charge in [0.15, 0.2) is 11.7 Å². The van der Waals surface area contributed by atoms with Crippen LogP contribution in [0, 0.1) is 16.7 Å². The van der Waals surface area contributed by atoms with Crippen LogP contribution in [0.15, 0.2) is 41.5 Å². The Morgan fingerprint density at radius 1 is 0.854 bits per heavy atom. The first-order valence-electron chi connectivity index (χ1n) is 16.0. The van der Waals surface area contributed by atoms with Gasteiger partial charge in [-0.15, -0.1) is 0 Å². The molecular weight excluding hydrogens is 628 g/mol. The topological polar surface area (TPSA) is 181 Å². The minimum atomic E-state index is -2.15. The van der Waals surface area contributed by atoms with Crippen LogP contribution in [0.2, 0.25) is 0 Å². The van der Waals surface area contributed by atoms with Gasteiger partial charge in [0.05, 0.1) is 18.1 Å². The summed E-state index contributed by atoms with van der Waals surface area (Å²) in [6, 6.07) is 8.05. The molecule has 1 aromatic rings. The summed E-state index contributed by atoms with van der Waals surface area (Å²) in [5, 5.41) is 26.0. The quantitative estimate of drug-likeness (QED) is 0.256. The lowest BCUT2D eigenvalue weighted by Gasteiger charge is -2.69. The molecule has 1 heterocycles. The largest absolute Gasteiger partial charge is 0.462 e. The van der Waals surface area contributed by atoms with Gasteiger partial charge < -0.3 is 38.6 Å². The van der Waals surface area contributed by atoms with Crippen LogP contribution in [-0.4, -0.2) is 94.5 Å². The number of aliphatic hydroxyl groups is 2. The monoisotopic (exact) mass is 672 g/mol. The molecule has 2 N–H and O–H groups in total. The van der Waals surface area contributed by atoms with Gasteiger partial charge in [-0.25, -0.2) is 4.79 Å². The summed E-state index contributed by atoms with van der Waals surface area (Å²) in [4.78, 5) is 64.6. The summed E-state index contributed by atoms with van der Waals surface area (Å²) >= 11 is 0. The number of hydrogen-bond donors (Lipinski definition) is 2. The highest BCUT2D eigenvalue weighted by molar-refractivity contribution is 5.89. The third kappa shape index (κ3) is 5.39. The number of aliphatic hydroxyl groups excluding tert-OH is 1. The maximum atomic E-state index is 14.0. The highest BCUT2D eigenvalue weighted by atomic mass is 16.6. The summed E-state index contributed by atoms with van der Waals surface area (Å²) < 4.78 is 35.9. The molecule has 48 heavy (non-hydrogen) atoms. The van der Waals surface area contributed by atoms with Crippen molar-refractivity contribution in [3.05, 3.63) is 47.0 Å². The number of carbonyl (C=O) groups is 5. The first-order valence-corrected chi connectivity index (χ1v) is 16.0. The summed E-state index contributed by atoms with van der Waals surface area (Å²) in [5.74, 6) is -5.00. The molecule has 0 amide bonds. The Hall–Kier alpha value is -3.81. The molecule has 2 bridgehead atoms. The van der Waals surface area contributed by atoms with Gasteiger partial charge in [0.2, 0.25) is 0 Å². The second kappa shape index (κ2) is 12.3. The Kier molecular flexibility index (Phi) is 9.07. The Bertz CT molecular complexity index is 1530. The second-order valence-electron chi connectivity index (χ2n) is 14.1. The van der Waals surface area contributed by atoms with E-state index in [1.807, 2.05) is 0 Å². The molecule has 1 unspecified atom stereocenters. The highest BCUT2D eigenvalue weighted by Crippen LogP contribution is 2.65. The highest BCUT2D eigenvalue weighted by Gasteiger charge is 2.78. The van der Waals surface area contributed by atoms with Crippen molar-refractivity contribution in [2.75, 3.05) is 6.61 Å². The lowest BCUT2D eigenvalue weighted by Crippen LogP contribution is -2.82. The third-order valence-electron chi connectivity index (χ3n) is 11.0. The predicted octanol–water partition coefficient (Wildman–Crippen LogP) is 2.59. The van der Waals surface area contributed by atoms with Crippen molar-refractivity contribution >= 4 is 29.8 Å². The molecule has 1 aliphatic heterocycles. The van der Waals surface area contributed by atoms with Gasteiger partial charge in [-0.1, -0.05) is 39.0 Å². The minimum absolute atomic E-state index is 0.0427. The van der Waals surface area contributed by atoms with Crippen LogP contribution in [0.5, 0.6) is 0 Å². The van der Waals surface area contributed by atoms with E-state index in [2.05, 4.69) is 0 Å². The molecule has 0 aromatic heterocycles. The number of hydrogen-bond acceptors (Lipinski definition) is 13. The van der Waals surface area contributed by atoms with E-state index in [0.29, 0.717) is 5.57 Å². The maximum Gasteiger partial charge on any atom is 0.338 e. The van der Waals surface area contributed by atoms with Crippen molar-refractivity contribution in [2.24, 2.45) is 16.7 Å². The first kappa shape index (κ1) is 35.5. The standard InChI is InChI=1S/C35H44O13/c1-17-23(44-18(2)36)15-35(42)30(47-31(41)22-12-10-9-11-13-22)28-33(8,29(40)27(46-20(4)38)26(17)32(35,6)7)24(45-19(3)37)14-25-34(28,16-43-25)48-21(5)39/h9-13,23-25,27-30,40,42H,14-16H2,1-8H3/t23-,24-,25+,27+,28-,29?,30-,33+,34-,35+/m0/s1. The number of benzene rings is 1. The zero-order chi connectivity index (χ0) is 35.6. The second-order valence-corrected chi connectivity index (χ2v) is 14.1. The lowest BCUT2D eigenvalue weighted by atomic mass is 9.44. The van der Waals surface area contributed by atoms with Crippen LogP contribution in [0.25, 0.3) is 0 Å². The molecule has 10 atom stereocenters. The molecule has 3 aliphatic carbocycles. The summed E-state index contributed by atoms with van der Waals surface area (Å²) in [7, 11) is 0.